The number of ether oxygens (including phenoxy) is 1. The summed E-state index contributed by atoms with van der Waals surface area (Å²) < 4.78 is 5.39. The summed E-state index contributed by atoms with van der Waals surface area (Å²) in [4.78, 5) is 29.9. The van der Waals surface area contributed by atoms with Crippen molar-refractivity contribution >= 4 is 22.8 Å². The normalized spacial score (nSPS) is 15.5. The summed E-state index contributed by atoms with van der Waals surface area (Å²) in [5.41, 5.74) is 9.70. The number of aromatic nitrogens is 1. The molecule has 32 heavy (non-hydrogen) atoms. The molecule has 2 aromatic carbocycles. The topological polar surface area (TPSA) is 100 Å². The lowest BCUT2D eigenvalue weighted by Crippen LogP contribution is -2.41. The quantitative estimate of drug-likeness (QED) is 0.547. The highest BCUT2D eigenvalue weighted by Gasteiger charge is 2.28. The summed E-state index contributed by atoms with van der Waals surface area (Å²) in [5, 5.41) is 3.92. The van der Waals surface area contributed by atoms with E-state index in [9.17, 15) is 9.59 Å². The number of rotatable bonds is 6. The predicted molar refractivity (Wildman–Crippen MR) is 125 cm³/mol. The maximum absolute atomic E-state index is 13.1. The van der Waals surface area contributed by atoms with Gasteiger partial charge in [0.15, 0.2) is 0 Å². The minimum absolute atomic E-state index is 0.0334. The van der Waals surface area contributed by atoms with Crippen molar-refractivity contribution in [3.05, 3.63) is 65.4 Å². The summed E-state index contributed by atoms with van der Waals surface area (Å²) in [5.74, 6) is 1.26. The van der Waals surface area contributed by atoms with Crippen LogP contribution < -0.4 is 15.8 Å². The Morgan fingerprint density at radius 1 is 1.22 bits per heavy atom. The highest BCUT2D eigenvalue weighted by Crippen LogP contribution is 2.35. The molecule has 1 atom stereocenters. The highest BCUT2D eigenvalue weighted by atomic mass is 16.5. The molecule has 4 N–H and O–H groups in total. The molecule has 0 aliphatic carbocycles. The van der Waals surface area contributed by atoms with E-state index in [0.717, 1.165) is 35.2 Å². The molecule has 1 saturated heterocycles. The van der Waals surface area contributed by atoms with Gasteiger partial charge in [-0.1, -0.05) is 24.3 Å². The van der Waals surface area contributed by atoms with E-state index in [2.05, 4.69) is 22.6 Å². The fourth-order valence-electron chi connectivity index (χ4n) is 4.72. The van der Waals surface area contributed by atoms with Crippen molar-refractivity contribution in [2.45, 2.75) is 38.1 Å². The van der Waals surface area contributed by atoms with Crippen LogP contribution in [0.25, 0.3) is 10.9 Å². The molecule has 168 valence electrons. The van der Waals surface area contributed by atoms with Crippen LogP contribution in [0.1, 0.15) is 47.9 Å². The van der Waals surface area contributed by atoms with Gasteiger partial charge in [-0.05, 0) is 60.6 Å². The van der Waals surface area contributed by atoms with Crippen molar-refractivity contribution in [3.8, 4) is 5.75 Å². The third-order valence-electron chi connectivity index (χ3n) is 6.47. The van der Waals surface area contributed by atoms with Crippen LogP contribution in [0, 0.1) is 6.92 Å². The van der Waals surface area contributed by atoms with Gasteiger partial charge in [-0.25, -0.2) is 4.79 Å². The first-order valence-corrected chi connectivity index (χ1v) is 11.0. The average Bonchev–Trinajstić information content (AvgIpc) is 3.22. The van der Waals surface area contributed by atoms with Crippen LogP contribution in [-0.2, 0) is 4.79 Å². The molecule has 4 rings (SSSR count). The zero-order valence-electron chi connectivity index (χ0n) is 18.6. The van der Waals surface area contributed by atoms with Crippen molar-refractivity contribution < 1.29 is 14.3 Å². The van der Waals surface area contributed by atoms with Gasteiger partial charge in [0.25, 0.3) is 0 Å². The summed E-state index contributed by atoms with van der Waals surface area (Å²) in [7, 11) is 1.68. The molecular formula is C25H30N4O3. The van der Waals surface area contributed by atoms with Crippen molar-refractivity contribution in [3.63, 3.8) is 0 Å². The van der Waals surface area contributed by atoms with Gasteiger partial charge in [-0.15, -0.1) is 0 Å². The third kappa shape index (κ3) is 4.56. The van der Waals surface area contributed by atoms with Gasteiger partial charge in [0.2, 0.25) is 5.91 Å². The summed E-state index contributed by atoms with van der Waals surface area (Å²) in [6, 6.07) is 12.7. The second-order valence-electron chi connectivity index (χ2n) is 8.43. The minimum Gasteiger partial charge on any atom is -0.497 e. The van der Waals surface area contributed by atoms with Crippen LogP contribution in [0.5, 0.6) is 5.75 Å². The van der Waals surface area contributed by atoms with Crippen LogP contribution in [0.2, 0.25) is 0 Å². The summed E-state index contributed by atoms with van der Waals surface area (Å²) in [6.45, 7) is 3.35. The number of aromatic amines is 1. The van der Waals surface area contributed by atoms with E-state index in [1.807, 2.05) is 48.2 Å². The molecule has 3 aromatic rings. The number of nitrogens with zero attached hydrogens (tertiary/aromatic N) is 1. The van der Waals surface area contributed by atoms with Gasteiger partial charge in [0.05, 0.1) is 19.6 Å². The number of benzene rings is 2. The molecule has 1 aromatic heterocycles. The first kappa shape index (κ1) is 21.7. The lowest BCUT2D eigenvalue weighted by molar-refractivity contribution is -0.132. The molecule has 7 heteroatoms. The van der Waals surface area contributed by atoms with E-state index in [0.29, 0.717) is 19.0 Å². The predicted octanol–water partition coefficient (Wildman–Crippen LogP) is 3.99. The molecule has 7 nitrogen and oxygen atoms in total. The number of nitrogens with two attached hydrogens (primary N) is 1. The van der Waals surface area contributed by atoms with Crippen LogP contribution in [0.3, 0.4) is 0 Å². The Morgan fingerprint density at radius 3 is 2.66 bits per heavy atom. The number of hydrogen-bond acceptors (Lipinski definition) is 3. The number of amides is 3. The van der Waals surface area contributed by atoms with Crippen molar-refractivity contribution in [1.29, 1.82) is 0 Å². The highest BCUT2D eigenvalue weighted by molar-refractivity contribution is 5.85. The molecule has 0 radical (unpaired) electrons. The third-order valence-corrected chi connectivity index (χ3v) is 6.47. The Labute approximate surface area is 187 Å². The molecule has 3 amide bonds. The Kier molecular flexibility index (Phi) is 6.35. The zero-order chi connectivity index (χ0) is 22.7. The monoisotopic (exact) mass is 434 g/mol. The Hall–Kier alpha value is -3.48. The number of methoxy groups -OCH3 is 1. The van der Waals surface area contributed by atoms with E-state index in [1.54, 1.807) is 7.11 Å². The molecule has 0 saturated carbocycles. The number of likely N-dealkylation sites (tertiary alicyclic amines) is 1. The number of fused-ring (bicyclic) bond motifs is 1. The Morgan fingerprint density at radius 2 is 1.97 bits per heavy atom. The van der Waals surface area contributed by atoms with Crippen LogP contribution in [-0.4, -0.2) is 42.0 Å². The maximum Gasteiger partial charge on any atom is 0.312 e. The number of carbonyl (C=O) groups excluding carboxylic acids is 2. The van der Waals surface area contributed by atoms with E-state index in [1.165, 1.54) is 10.9 Å². The molecule has 0 bridgehead atoms. The van der Waals surface area contributed by atoms with Crippen molar-refractivity contribution in [2.24, 2.45) is 5.73 Å². The standard InChI is InChI=1S/C25H30N4O3/c1-16-5-3-4-6-19(16)23(28-25(26)31)14-24(30)29-11-9-17(10-12-29)21-15-27-22-8-7-18(32-2)13-20(21)22/h3-8,13,15,17,23,27H,9-12,14H2,1-2H3,(H3,26,28,31). The summed E-state index contributed by atoms with van der Waals surface area (Å²) in [6.07, 6.45) is 4.07. The lowest BCUT2D eigenvalue weighted by atomic mass is 9.88. The van der Waals surface area contributed by atoms with Crippen LogP contribution in [0.15, 0.2) is 48.7 Å². The SMILES string of the molecule is COc1ccc2[nH]cc(C3CCN(C(=O)CC(NC(N)=O)c4ccccc4C)CC3)c2c1. The van der Waals surface area contributed by atoms with E-state index in [-0.39, 0.29) is 12.3 Å². The number of piperidine rings is 1. The Bertz CT molecular complexity index is 1120. The largest absolute Gasteiger partial charge is 0.497 e. The second kappa shape index (κ2) is 9.34. The molecule has 2 heterocycles. The van der Waals surface area contributed by atoms with Gasteiger partial charge in [0.1, 0.15) is 5.75 Å². The van der Waals surface area contributed by atoms with E-state index in [4.69, 9.17) is 10.5 Å². The zero-order valence-corrected chi connectivity index (χ0v) is 18.6. The smallest absolute Gasteiger partial charge is 0.312 e. The van der Waals surface area contributed by atoms with Crippen molar-refractivity contribution in [2.75, 3.05) is 20.2 Å². The van der Waals surface area contributed by atoms with Gasteiger partial charge >= 0.3 is 6.03 Å². The van der Waals surface area contributed by atoms with Gasteiger partial charge in [0, 0.05) is 30.2 Å². The number of urea groups is 1. The van der Waals surface area contributed by atoms with Gasteiger partial charge < -0.3 is 25.7 Å². The van der Waals surface area contributed by atoms with Crippen LogP contribution >= 0.6 is 0 Å². The number of carbonyl (C=O) groups is 2. The number of hydrogen-bond donors (Lipinski definition) is 3. The molecule has 0 spiro atoms. The average molecular weight is 435 g/mol. The number of H-pyrrole nitrogens is 1. The molecule has 1 aliphatic rings. The van der Waals surface area contributed by atoms with E-state index < -0.39 is 12.1 Å². The molecule has 1 unspecified atom stereocenters. The molecule has 1 fully saturated rings. The Balaban J connectivity index is 1.43. The lowest BCUT2D eigenvalue weighted by Gasteiger charge is -2.33. The van der Waals surface area contributed by atoms with E-state index >= 15 is 0 Å². The maximum atomic E-state index is 13.1. The number of aryl methyl sites for hydroxylation is 1. The van der Waals surface area contributed by atoms with Crippen LogP contribution in [0.4, 0.5) is 4.79 Å². The minimum atomic E-state index is -0.625. The first-order chi connectivity index (χ1) is 15.5. The molecular weight excluding hydrogens is 404 g/mol. The van der Waals surface area contributed by atoms with Gasteiger partial charge in [-0.2, -0.15) is 0 Å². The number of primary amides is 1. The second-order valence-corrected chi connectivity index (χ2v) is 8.43. The summed E-state index contributed by atoms with van der Waals surface area (Å²) >= 11 is 0. The molecule has 1 aliphatic heterocycles. The first-order valence-electron chi connectivity index (χ1n) is 11.0. The van der Waals surface area contributed by atoms with Gasteiger partial charge in [-0.3, -0.25) is 4.79 Å². The number of nitrogens with one attached hydrogen (secondary N) is 2. The fourth-order valence-corrected chi connectivity index (χ4v) is 4.72. The fraction of sp³-hybridized carbons (Fsp3) is 0.360. The van der Waals surface area contributed by atoms with Crippen molar-refractivity contribution in [1.82, 2.24) is 15.2 Å².